The Morgan fingerprint density at radius 3 is 2.78 bits per heavy atom. The van der Waals surface area contributed by atoms with Crippen molar-refractivity contribution < 1.29 is 8.63 Å². The minimum Gasteiger partial charge on any atom is -0.463 e. The molecular formula is C13H22N2O2S. The number of nitrogens with one attached hydrogen (secondary N) is 1. The Morgan fingerprint density at radius 2 is 2.06 bits per heavy atom. The minimum absolute atomic E-state index is 0.601. The van der Waals surface area contributed by atoms with Crippen LogP contribution in [0.5, 0.6) is 0 Å². The van der Waals surface area contributed by atoms with Gasteiger partial charge in [0.15, 0.2) is 0 Å². The van der Waals surface area contributed by atoms with Crippen LogP contribution in [0.2, 0.25) is 0 Å². The smallest absolute Gasteiger partial charge is 0.118 e. The highest BCUT2D eigenvalue weighted by atomic mass is 32.2. The molecule has 1 aliphatic rings. The summed E-state index contributed by atoms with van der Waals surface area (Å²) < 4.78 is 17.0. The zero-order chi connectivity index (χ0) is 12.8. The van der Waals surface area contributed by atoms with Crippen LogP contribution in [-0.2, 0) is 23.9 Å². The third kappa shape index (κ3) is 4.23. The summed E-state index contributed by atoms with van der Waals surface area (Å²) in [5.74, 6) is 3.60. The lowest BCUT2D eigenvalue weighted by atomic mass is 10.3. The van der Waals surface area contributed by atoms with E-state index in [1.165, 1.54) is 0 Å². The van der Waals surface area contributed by atoms with E-state index < -0.39 is 10.8 Å². The van der Waals surface area contributed by atoms with E-state index in [2.05, 4.69) is 23.2 Å². The molecule has 1 aliphatic heterocycles. The van der Waals surface area contributed by atoms with Crippen LogP contribution in [-0.4, -0.2) is 40.2 Å². The average Bonchev–Trinajstić information content (AvgIpc) is 2.80. The quantitative estimate of drug-likeness (QED) is 0.793. The third-order valence-corrected chi connectivity index (χ3v) is 4.37. The molecule has 0 aliphatic carbocycles. The van der Waals surface area contributed by atoms with Gasteiger partial charge in [0, 0.05) is 35.4 Å². The highest BCUT2D eigenvalue weighted by Gasteiger charge is 2.16. The van der Waals surface area contributed by atoms with Gasteiger partial charge in [0.2, 0.25) is 0 Å². The van der Waals surface area contributed by atoms with Gasteiger partial charge in [0.1, 0.15) is 11.5 Å². The fraction of sp³-hybridized carbons (Fsp3) is 0.692. The van der Waals surface area contributed by atoms with Crippen LogP contribution in [0.1, 0.15) is 24.9 Å². The maximum atomic E-state index is 11.3. The first-order chi connectivity index (χ1) is 8.78. The average molecular weight is 270 g/mol. The molecule has 1 aromatic rings. The summed E-state index contributed by atoms with van der Waals surface area (Å²) in [6.45, 7) is 6.64. The van der Waals surface area contributed by atoms with Gasteiger partial charge in [-0.1, -0.05) is 6.92 Å². The van der Waals surface area contributed by atoms with Gasteiger partial charge in [0.25, 0.3) is 0 Å². The Balaban J connectivity index is 1.77. The molecule has 1 aromatic heterocycles. The second-order valence-corrected chi connectivity index (χ2v) is 6.37. The lowest BCUT2D eigenvalue weighted by molar-refractivity contribution is 0.261. The van der Waals surface area contributed by atoms with Crippen molar-refractivity contribution in [3.63, 3.8) is 0 Å². The molecule has 0 spiro atoms. The SMILES string of the molecule is CCCNCc1ccc(CN2CCS(=O)CC2)o1. The third-order valence-electron chi connectivity index (χ3n) is 3.09. The zero-order valence-electron chi connectivity index (χ0n) is 11.0. The molecule has 0 bridgehead atoms. The summed E-state index contributed by atoms with van der Waals surface area (Å²) in [7, 11) is -0.601. The Kier molecular flexibility index (Phi) is 5.41. The van der Waals surface area contributed by atoms with Crippen molar-refractivity contribution in [3.8, 4) is 0 Å². The van der Waals surface area contributed by atoms with Crippen molar-refractivity contribution in [2.45, 2.75) is 26.4 Å². The van der Waals surface area contributed by atoms with Crippen molar-refractivity contribution in [3.05, 3.63) is 23.7 Å². The van der Waals surface area contributed by atoms with Gasteiger partial charge in [-0.2, -0.15) is 0 Å². The van der Waals surface area contributed by atoms with E-state index in [1.54, 1.807) is 0 Å². The molecule has 4 nitrogen and oxygen atoms in total. The summed E-state index contributed by atoms with van der Waals surface area (Å²) in [6, 6.07) is 4.09. The Labute approximate surface area is 111 Å². The highest BCUT2D eigenvalue weighted by molar-refractivity contribution is 7.85. The van der Waals surface area contributed by atoms with Crippen LogP contribution < -0.4 is 5.32 Å². The predicted octanol–water partition coefficient (Wildman–Crippen LogP) is 1.34. The topological polar surface area (TPSA) is 45.5 Å². The first-order valence-corrected chi connectivity index (χ1v) is 8.12. The maximum Gasteiger partial charge on any atom is 0.118 e. The summed E-state index contributed by atoms with van der Waals surface area (Å²) >= 11 is 0. The molecule has 1 saturated heterocycles. The molecule has 5 heteroatoms. The van der Waals surface area contributed by atoms with Crippen molar-refractivity contribution in [1.82, 2.24) is 10.2 Å². The first-order valence-electron chi connectivity index (χ1n) is 6.63. The maximum absolute atomic E-state index is 11.3. The van der Waals surface area contributed by atoms with Gasteiger partial charge in [-0.15, -0.1) is 0 Å². The van der Waals surface area contributed by atoms with Gasteiger partial charge < -0.3 is 9.73 Å². The standard InChI is InChI=1S/C13H22N2O2S/c1-2-5-14-10-12-3-4-13(17-12)11-15-6-8-18(16)9-7-15/h3-4,14H,2,5-11H2,1H3. The molecule has 102 valence electrons. The zero-order valence-corrected chi connectivity index (χ0v) is 11.8. The van der Waals surface area contributed by atoms with Crippen molar-refractivity contribution in [1.29, 1.82) is 0 Å². The van der Waals surface area contributed by atoms with E-state index in [9.17, 15) is 4.21 Å². The molecule has 2 heterocycles. The predicted molar refractivity (Wildman–Crippen MR) is 73.9 cm³/mol. The summed E-state index contributed by atoms with van der Waals surface area (Å²) in [5, 5.41) is 3.33. The van der Waals surface area contributed by atoms with Gasteiger partial charge in [-0.05, 0) is 25.1 Å². The minimum atomic E-state index is -0.601. The van der Waals surface area contributed by atoms with Crippen molar-refractivity contribution in [2.24, 2.45) is 0 Å². The number of hydrogen-bond donors (Lipinski definition) is 1. The van der Waals surface area contributed by atoms with Gasteiger partial charge in [-0.25, -0.2) is 0 Å². The number of furan rings is 1. The van der Waals surface area contributed by atoms with Crippen molar-refractivity contribution >= 4 is 10.8 Å². The molecule has 0 radical (unpaired) electrons. The van der Waals surface area contributed by atoms with Crippen molar-refractivity contribution in [2.75, 3.05) is 31.1 Å². The lowest BCUT2D eigenvalue weighted by Crippen LogP contribution is -2.37. The van der Waals surface area contributed by atoms with E-state index in [0.29, 0.717) is 0 Å². The molecule has 0 amide bonds. The Bertz CT molecular complexity index is 382. The normalized spacial score (nSPS) is 18.3. The second kappa shape index (κ2) is 7.07. The molecule has 1 fully saturated rings. The van der Waals surface area contributed by atoms with Gasteiger partial charge >= 0.3 is 0 Å². The fourth-order valence-corrected chi connectivity index (χ4v) is 3.17. The summed E-state index contributed by atoms with van der Waals surface area (Å²) in [6.07, 6.45) is 1.14. The molecule has 1 N–H and O–H groups in total. The van der Waals surface area contributed by atoms with Crippen LogP contribution in [0, 0.1) is 0 Å². The number of nitrogens with zero attached hydrogens (tertiary/aromatic N) is 1. The molecule has 0 aromatic carbocycles. The first kappa shape index (κ1) is 13.8. The van der Waals surface area contributed by atoms with E-state index >= 15 is 0 Å². The van der Waals surface area contributed by atoms with E-state index in [1.807, 2.05) is 6.07 Å². The molecular weight excluding hydrogens is 248 g/mol. The largest absolute Gasteiger partial charge is 0.463 e. The highest BCUT2D eigenvalue weighted by Crippen LogP contribution is 2.12. The van der Waals surface area contributed by atoms with E-state index in [0.717, 1.165) is 62.2 Å². The number of rotatable bonds is 6. The summed E-state index contributed by atoms with van der Waals surface area (Å²) in [5.41, 5.74) is 0. The molecule has 18 heavy (non-hydrogen) atoms. The van der Waals surface area contributed by atoms with Crippen LogP contribution in [0.15, 0.2) is 16.5 Å². The molecule has 0 unspecified atom stereocenters. The van der Waals surface area contributed by atoms with E-state index in [4.69, 9.17) is 4.42 Å². The van der Waals surface area contributed by atoms with Crippen LogP contribution in [0.25, 0.3) is 0 Å². The van der Waals surface area contributed by atoms with Crippen LogP contribution >= 0.6 is 0 Å². The van der Waals surface area contributed by atoms with Crippen LogP contribution in [0.4, 0.5) is 0 Å². The molecule has 2 rings (SSSR count). The van der Waals surface area contributed by atoms with E-state index in [-0.39, 0.29) is 0 Å². The number of hydrogen-bond acceptors (Lipinski definition) is 4. The van der Waals surface area contributed by atoms with Gasteiger partial charge in [0.05, 0.1) is 13.1 Å². The lowest BCUT2D eigenvalue weighted by Gasteiger charge is -2.24. The molecule has 0 saturated carbocycles. The second-order valence-electron chi connectivity index (χ2n) is 4.67. The Morgan fingerprint density at radius 1 is 1.33 bits per heavy atom. The summed E-state index contributed by atoms with van der Waals surface area (Å²) in [4.78, 5) is 2.31. The van der Waals surface area contributed by atoms with Crippen LogP contribution in [0.3, 0.4) is 0 Å². The fourth-order valence-electron chi connectivity index (χ4n) is 2.04. The van der Waals surface area contributed by atoms with Gasteiger partial charge in [-0.3, -0.25) is 9.11 Å². The molecule has 0 atom stereocenters. The monoisotopic (exact) mass is 270 g/mol. The Hall–Kier alpha value is -0.650.